The average molecular weight is 340 g/mol. The normalized spacial score (nSPS) is 18.4. The van der Waals surface area contributed by atoms with E-state index < -0.39 is 0 Å². The van der Waals surface area contributed by atoms with Crippen molar-refractivity contribution in [1.29, 1.82) is 0 Å². The van der Waals surface area contributed by atoms with Crippen molar-refractivity contribution in [2.24, 2.45) is 0 Å². The van der Waals surface area contributed by atoms with E-state index in [1.807, 2.05) is 23.0 Å². The SMILES string of the molecule is CN1CCN(c2ccc(NC(=O)Cc3cnn(C4CC4)c3)cn2)CC1. The fraction of sp³-hybridized carbons (Fsp3) is 0.500. The van der Waals surface area contributed by atoms with E-state index in [0.29, 0.717) is 12.5 Å². The van der Waals surface area contributed by atoms with Gasteiger partial charge in [-0.25, -0.2) is 4.98 Å². The van der Waals surface area contributed by atoms with Gasteiger partial charge in [-0.15, -0.1) is 0 Å². The second-order valence-corrected chi connectivity index (χ2v) is 6.98. The van der Waals surface area contributed by atoms with Crippen molar-refractivity contribution in [3.8, 4) is 0 Å². The van der Waals surface area contributed by atoms with Crippen molar-refractivity contribution < 1.29 is 4.79 Å². The van der Waals surface area contributed by atoms with E-state index >= 15 is 0 Å². The minimum atomic E-state index is -0.0375. The number of piperazine rings is 1. The highest BCUT2D eigenvalue weighted by Crippen LogP contribution is 2.34. The number of carbonyl (C=O) groups is 1. The maximum atomic E-state index is 12.2. The standard InChI is InChI=1S/C18H24N6O/c1-22-6-8-23(9-7-22)17-5-2-15(12-19-17)21-18(25)10-14-11-20-24(13-14)16-3-4-16/h2,5,11-13,16H,3-4,6-10H2,1H3,(H,21,25). The molecule has 132 valence electrons. The van der Waals surface area contributed by atoms with Crippen molar-refractivity contribution >= 4 is 17.4 Å². The fourth-order valence-electron chi connectivity index (χ4n) is 3.08. The Balaban J connectivity index is 1.31. The Morgan fingerprint density at radius 3 is 2.68 bits per heavy atom. The van der Waals surface area contributed by atoms with Crippen LogP contribution in [0.4, 0.5) is 11.5 Å². The largest absolute Gasteiger partial charge is 0.354 e. The van der Waals surface area contributed by atoms with Crippen LogP contribution in [-0.2, 0) is 11.2 Å². The van der Waals surface area contributed by atoms with Crippen molar-refractivity contribution in [3.63, 3.8) is 0 Å². The summed E-state index contributed by atoms with van der Waals surface area (Å²) in [4.78, 5) is 21.3. The van der Waals surface area contributed by atoms with Gasteiger partial charge in [0.15, 0.2) is 0 Å². The Labute approximate surface area is 147 Å². The van der Waals surface area contributed by atoms with Gasteiger partial charge in [0, 0.05) is 32.4 Å². The lowest BCUT2D eigenvalue weighted by Crippen LogP contribution is -2.44. The Kier molecular flexibility index (Phi) is 4.40. The minimum Gasteiger partial charge on any atom is -0.354 e. The number of hydrogen-bond donors (Lipinski definition) is 1. The van der Waals surface area contributed by atoms with Crippen molar-refractivity contribution in [1.82, 2.24) is 19.7 Å². The van der Waals surface area contributed by atoms with E-state index in [0.717, 1.165) is 43.2 Å². The Hall–Kier alpha value is -2.41. The molecule has 0 aromatic carbocycles. The van der Waals surface area contributed by atoms with Crippen LogP contribution < -0.4 is 10.2 Å². The van der Waals surface area contributed by atoms with Gasteiger partial charge in [-0.3, -0.25) is 9.48 Å². The Morgan fingerprint density at radius 1 is 1.20 bits per heavy atom. The molecule has 0 unspecified atom stereocenters. The molecule has 2 fully saturated rings. The van der Waals surface area contributed by atoms with Crippen LogP contribution in [0.5, 0.6) is 0 Å². The molecule has 1 saturated heterocycles. The van der Waals surface area contributed by atoms with Crippen LogP contribution in [0.15, 0.2) is 30.7 Å². The van der Waals surface area contributed by atoms with Crippen molar-refractivity contribution in [2.75, 3.05) is 43.4 Å². The third-order valence-corrected chi connectivity index (χ3v) is 4.80. The van der Waals surface area contributed by atoms with E-state index in [4.69, 9.17) is 0 Å². The van der Waals surface area contributed by atoms with Crippen molar-refractivity contribution in [2.45, 2.75) is 25.3 Å². The molecule has 1 N–H and O–H groups in total. The molecule has 7 heteroatoms. The molecule has 0 radical (unpaired) electrons. The van der Waals surface area contributed by atoms with Gasteiger partial charge >= 0.3 is 0 Å². The number of hydrogen-bond acceptors (Lipinski definition) is 5. The first-order valence-corrected chi connectivity index (χ1v) is 8.90. The highest BCUT2D eigenvalue weighted by atomic mass is 16.1. The van der Waals surface area contributed by atoms with Crippen LogP contribution >= 0.6 is 0 Å². The molecule has 1 aliphatic carbocycles. The monoisotopic (exact) mass is 340 g/mol. The van der Waals surface area contributed by atoms with E-state index in [-0.39, 0.29) is 5.91 Å². The third kappa shape index (κ3) is 3.99. The Morgan fingerprint density at radius 2 is 2.00 bits per heavy atom. The maximum Gasteiger partial charge on any atom is 0.228 e. The zero-order valence-electron chi connectivity index (χ0n) is 14.6. The molecule has 2 aliphatic rings. The summed E-state index contributed by atoms with van der Waals surface area (Å²) in [5.74, 6) is 0.932. The quantitative estimate of drug-likeness (QED) is 0.894. The molecule has 1 amide bonds. The number of likely N-dealkylation sites (N-methyl/N-ethyl adjacent to an activating group) is 1. The topological polar surface area (TPSA) is 66.3 Å². The molecule has 4 rings (SSSR count). The highest BCUT2D eigenvalue weighted by Gasteiger charge is 2.24. The predicted molar refractivity (Wildman–Crippen MR) is 96.8 cm³/mol. The molecule has 2 aromatic heterocycles. The van der Waals surface area contributed by atoms with Crippen LogP contribution in [0.1, 0.15) is 24.4 Å². The van der Waals surface area contributed by atoms with Gasteiger partial charge in [-0.1, -0.05) is 0 Å². The molecule has 0 atom stereocenters. The lowest BCUT2D eigenvalue weighted by Gasteiger charge is -2.33. The first kappa shape index (κ1) is 16.1. The summed E-state index contributed by atoms with van der Waals surface area (Å²) in [6.45, 7) is 4.07. The number of rotatable bonds is 5. The lowest BCUT2D eigenvalue weighted by molar-refractivity contribution is -0.115. The van der Waals surface area contributed by atoms with Crippen molar-refractivity contribution in [3.05, 3.63) is 36.3 Å². The van der Waals surface area contributed by atoms with E-state index in [1.165, 1.54) is 12.8 Å². The number of pyridine rings is 1. The van der Waals surface area contributed by atoms with Crippen LogP contribution in [0.2, 0.25) is 0 Å². The molecule has 3 heterocycles. The molecular formula is C18H24N6O. The zero-order valence-corrected chi connectivity index (χ0v) is 14.6. The zero-order chi connectivity index (χ0) is 17.2. The molecule has 1 saturated carbocycles. The van der Waals surface area contributed by atoms with Crippen LogP contribution in [0.3, 0.4) is 0 Å². The van der Waals surface area contributed by atoms with Gasteiger partial charge < -0.3 is 15.1 Å². The van der Waals surface area contributed by atoms with Gasteiger partial charge in [0.1, 0.15) is 5.82 Å². The highest BCUT2D eigenvalue weighted by molar-refractivity contribution is 5.92. The molecule has 0 bridgehead atoms. The fourth-order valence-corrected chi connectivity index (χ4v) is 3.08. The summed E-state index contributed by atoms with van der Waals surface area (Å²) in [6, 6.07) is 4.45. The van der Waals surface area contributed by atoms with Gasteiger partial charge in [-0.05, 0) is 37.6 Å². The number of nitrogens with zero attached hydrogens (tertiary/aromatic N) is 5. The summed E-state index contributed by atoms with van der Waals surface area (Å²) >= 11 is 0. The van der Waals surface area contributed by atoms with Crippen LogP contribution in [-0.4, -0.2) is 58.8 Å². The number of carbonyl (C=O) groups excluding carboxylic acids is 1. The number of amides is 1. The van der Waals surface area contributed by atoms with Gasteiger partial charge in [0.05, 0.1) is 30.5 Å². The smallest absolute Gasteiger partial charge is 0.228 e. The molecule has 25 heavy (non-hydrogen) atoms. The average Bonchev–Trinajstić information content (AvgIpc) is 3.36. The number of anilines is 2. The molecule has 1 aliphatic heterocycles. The summed E-state index contributed by atoms with van der Waals surface area (Å²) < 4.78 is 1.97. The summed E-state index contributed by atoms with van der Waals surface area (Å²) in [6.07, 6.45) is 8.22. The number of nitrogens with one attached hydrogen (secondary N) is 1. The number of aromatic nitrogens is 3. The van der Waals surface area contributed by atoms with E-state index in [9.17, 15) is 4.79 Å². The molecule has 2 aromatic rings. The summed E-state index contributed by atoms with van der Waals surface area (Å²) in [5, 5.41) is 7.24. The molecule has 0 spiro atoms. The Bertz CT molecular complexity index is 728. The van der Waals surface area contributed by atoms with Gasteiger partial charge in [-0.2, -0.15) is 5.10 Å². The van der Waals surface area contributed by atoms with Gasteiger partial charge in [0.2, 0.25) is 5.91 Å². The maximum absolute atomic E-state index is 12.2. The second-order valence-electron chi connectivity index (χ2n) is 6.98. The third-order valence-electron chi connectivity index (χ3n) is 4.80. The lowest BCUT2D eigenvalue weighted by atomic mass is 10.2. The first-order chi connectivity index (χ1) is 12.2. The van der Waals surface area contributed by atoms with E-state index in [1.54, 1.807) is 12.4 Å². The van der Waals surface area contributed by atoms with Crippen LogP contribution in [0.25, 0.3) is 0 Å². The summed E-state index contributed by atoms with van der Waals surface area (Å²) in [7, 11) is 2.14. The second kappa shape index (κ2) is 6.84. The van der Waals surface area contributed by atoms with Crippen LogP contribution in [0, 0.1) is 0 Å². The first-order valence-electron chi connectivity index (χ1n) is 8.90. The minimum absolute atomic E-state index is 0.0375. The molecule has 7 nitrogen and oxygen atoms in total. The van der Waals surface area contributed by atoms with Gasteiger partial charge in [0.25, 0.3) is 0 Å². The predicted octanol–water partition coefficient (Wildman–Crippen LogP) is 1.55. The summed E-state index contributed by atoms with van der Waals surface area (Å²) in [5.41, 5.74) is 1.68. The van der Waals surface area contributed by atoms with E-state index in [2.05, 4.69) is 32.2 Å². The molecular weight excluding hydrogens is 316 g/mol.